The third-order valence-corrected chi connectivity index (χ3v) is 6.49. The SMILES string of the molecule is CCN1CCC2(CCC1=O)CN(Cc1nc3c(cnn3C)c(=O)[nH]1)CCN2C. The summed E-state index contributed by atoms with van der Waals surface area (Å²) >= 11 is 0. The lowest BCUT2D eigenvalue weighted by Crippen LogP contribution is -2.60. The van der Waals surface area contributed by atoms with Crippen LogP contribution in [-0.4, -0.2) is 85.7 Å². The van der Waals surface area contributed by atoms with Gasteiger partial charge in [-0.3, -0.25) is 24.1 Å². The summed E-state index contributed by atoms with van der Waals surface area (Å²) in [7, 11) is 3.97. The molecule has 152 valence electrons. The smallest absolute Gasteiger partial charge is 0.262 e. The van der Waals surface area contributed by atoms with E-state index in [1.54, 1.807) is 17.9 Å². The Bertz CT molecular complexity index is 936. The average Bonchev–Trinajstić information content (AvgIpc) is 2.96. The van der Waals surface area contributed by atoms with E-state index in [4.69, 9.17) is 0 Å². The van der Waals surface area contributed by atoms with Gasteiger partial charge in [0.25, 0.3) is 5.56 Å². The second-order valence-electron chi connectivity index (χ2n) is 8.10. The summed E-state index contributed by atoms with van der Waals surface area (Å²) in [6.45, 7) is 6.96. The Morgan fingerprint density at radius 3 is 2.79 bits per heavy atom. The summed E-state index contributed by atoms with van der Waals surface area (Å²) in [5.74, 6) is 0.929. The lowest BCUT2D eigenvalue weighted by atomic mass is 9.86. The largest absolute Gasteiger partial charge is 0.343 e. The Labute approximate surface area is 164 Å². The van der Waals surface area contributed by atoms with E-state index in [1.807, 2.05) is 11.8 Å². The van der Waals surface area contributed by atoms with Crippen LogP contribution in [0.3, 0.4) is 0 Å². The van der Waals surface area contributed by atoms with Gasteiger partial charge in [0.2, 0.25) is 5.91 Å². The molecule has 1 N–H and O–H groups in total. The number of likely N-dealkylation sites (tertiary alicyclic amines) is 1. The van der Waals surface area contributed by atoms with Crippen LogP contribution in [-0.2, 0) is 18.4 Å². The molecule has 2 fully saturated rings. The predicted octanol–water partition coefficient (Wildman–Crippen LogP) is 0.175. The van der Waals surface area contributed by atoms with Crippen LogP contribution in [0, 0.1) is 0 Å². The van der Waals surface area contributed by atoms with Crippen molar-refractivity contribution < 1.29 is 4.79 Å². The van der Waals surface area contributed by atoms with Crippen LogP contribution in [0.2, 0.25) is 0 Å². The van der Waals surface area contributed by atoms with Gasteiger partial charge in [-0.25, -0.2) is 4.98 Å². The summed E-state index contributed by atoms with van der Waals surface area (Å²) < 4.78 is 1.63. The van der Waals surface area contributed by atoms with Crippen molar-refractivity contribution in [1.82, 2.24) is 34.4 Å². The van der Waals surface area contributed by atoms with Crippen LogP contribution in [0.15, 0.2) is 11.0 Å². The lowest BCUT2D eigenvalue weighted by molar-refractivity contribution is -0.130. The maximum absolute atomic E-state index is 12.4. The number of hydrogen-bond acceptors (Lipinski definition) is 6. The first kappa shape index (κ1) is 19.1. The topological polar surface area (TPSA) is 90.4 Å². The highest BCUT2D eigenvalue weighted by atomic mass is 16.2. The lowest BCUT2D eigenvalue weighted by Gasteiger charge is -2.49. The zero-order valence-electron chi connectivity index (χ0n) is 16.9. The van der Waals surface area contributed by atoms with Gasteiger partial charge in [-0.15, -0.1) is 0 Å². The monoisotopic (exact) mass is 387 g/mol. The van der Waals surface area contributed by atoms with E-state index in [-0.39, 0.29) is 17.0 Å². The molecule has 0 aromatic carbocycles. The zero-order chi connectivity index (χ0) is 19.9. The van der Waals surface area contributed by atoms with Crippen LogP contribution >= 0.6 is 0 Å². The second kappa shape index (κ2) is 7.29. The Kier molecular flexibility index (Phi) is 4.96. The molecule has 9 nitrogen and oxygen atoms in total. The third kappa shape index (κ3) is 3.33. The Hall–Kier alpha value is -2.26. The number of H-pyrrole nitrogens is 1. The number of amides is 1. The molecule has 4 heterocycles. The molecule has 4 rings (SSSR count). The van der Waals surface area contributed by atoms with Gasteiger partial charge in [-0.2, -0.15) is 5.10 Å². The minimum atomic E-state index is -0.143. The summed E-state index contributed by atoms with van der Waals surface area (Å²) in [4.78, 5) is 39.0. The summed E-state index contributed by atoms with van der Waals surface area (Å²) in [5, 5.41) is 4.65. The molecule has 9 heteroatoms. The van der Waals surface area contributed by atoms with E-state index < -0.39 is 0 Å². The minimum Gasteiger partial charge on any atom is -0.343 e. The predicted molar refractivity (Wildman–Crippen MR) is 106 cm³/mol. The second-order valence-corrected chi connectivity index (χ2v) is 8.10. The van der Waals surface area contributed by atoms with Crippen LogP contribution < -0.4 is 5.56 Å². The molecule has 2 aromatic rings. The van der Waals surface area contributed by atoms with E-state index >= 15 is 0 Å². The molecule has 0 bridgehead atoms. The van der Waals surface area contributed by atoms with Crippen molar-refractivity contribution in [2.75, 3.05) is 39.8 Å². The van der Waals surface area contributed by atoms with Gasteiger partial charge in [0, 0.05) is 51.7 Å². The number of piperazine rings is 1. The molecule has 0 saturated carbocycles. The van der Waals surface area contributed by atoms with Crippen LogP contribution in [0.5, 0.6) is 0 Å². The number of likely N-dealkylation sites (N-methyl/N-ethyl adjacent to an activating group) is 1. The Morgan fingerprint density at radius 2 is 2.00 bits per heavy atom. The summed E-state index contributed by atoms with van der Waals surface area (Å²) in [6.07, 6.45) is 4.00. The molecule has 1 spiro atoms. The van der Waals surface area contributed by atoms with Gasteiger partial charge >= 0.3 is 0 Å². The maximum atomic E-state index is 12.4. The van der Waals surface area contributed by atoms with Crippen molar-refractivity contribution in [2.24, 2.45) is 7.05 Å². The summed E-state index contributed by atoms with van der Waals surface area (Å²) in [6, 6.07) is 0. The molecule has 1 amide bonds. The standard InChI is InChI=1S/C19H29N7O2/c1-4-26-8-7-19(6-5-16(26)27)13-25(10-9-23(19)2)12-15-21-17-14(18(28)22-15)11-20-24(17)3/h11H,4-10,12-13H2,1-3H3,(H,21,22,28). The molecule has 2 aromatic heterocycles. The van der Waals surface area contributed by atoms with Gasteiger partial charge < -0.3 is 9.88 Å². The highest BCUT2D eigenvalue weighted by molar-refractivity contribution is 5.76. The van der Waals surface area contributed by atoms with E-state index in [9.17, 15) is 9.59 Å². The van der Waals surface area contributed by atoms with Crippen molar-refractivity contribution >= 4 is 16.9 Å². The fourth-order valence-electron chi connectivity index (χ4n) is 4.61. The van der Waals surface area contributed by atoms with Crippen molar-refractivity contribution in [3.8, 4) is 0 Å². The number of aryl methyl sites for hydroxylation is 1. The quantitative estimate of drug-likeness (QED) is 0.808. The van der Waals surface area contributed by atoms with E-state index in [1.165, 1.54) is 0 Å². The molecular weight excluding hydrogens is 358 g/mol. The minimum absolute atomic E-state index is 0.00520. The third-order valence-electron chi connectivity index (χ3n) is 6.49. The molecule has 2 aliphatic rings. The first-order chi connectivity index (χ1) is 13.4. The van der Waals surface area contributed by atoms with Gasteiger partial charge in [0.15, 0.2) is 5.65 Å². The Balaban J connectivity index is 1.54. The number of rotatable bonds is 3. The number of hydrogen-bond donors (Lipinski definition) is 1. The fourth-order valence-corrected chi connectivity index (χ4v) is 4.61. The number of aromatic nitrogens is 4. The van der Waals surface area contributed by atoms with Gasteiger partial charge in [-0.05, 0) is 26.8 Å². The van der Waals surface area contributed by atoms with Crippen molar-refractivity contribution in [3.63, 3.8) is 0 Å². The molecule has 1 atom stereocenters. The van der Waals surface area contributed by atoms with Crippen LogP contribution in [0.1, 0.15) is 32.0 Å². The highest BCUT2D eigenvalue weighted by Gasteiger charge is 2.42. The molecule has 2 aliphatic heterocycles. The summed E-state index contributed by atoms with van der Waals surface area (Å²) in [5.41, 5.74) is 0.464. The van der Waals surface area contributed by atoms with Crippen LogP contribution in [0.25, 0.3) is 11.0 Å². The Morgan fingerprint density at radius 1 is 1.18 bits per heavy atom. The van der Waals surface area contributed by atoms with E-state index in [2.05, 4.69) is 31.9 Å². The number of carbonyl (C=O) groups is 1. The highest BCUT2D eigenvalue weighted by Crippen LogP contribution is 2.32. The molecular formula is C19H29N7O2. The first-order valence-electron chi connectivity index (χ1n) is 10.0. The van der Waals surface area contributed by atoms with Crippen molar-refractivity contribution in [3.05, 3.63) is 22.4 Å². The molecule has 28 heavy (non-hydrogen) atoms. The number of fused-ring (bicyclic) bond motifs is 1. The van der Waals surface area contributed by atoms with Gasteiger partial charge in [0.1, 0.15) is 11.2 Å². The van der Waals surface area contributed by atoms with E-state index in [0.29, 0.717) is 29.8 Å². The average molecular weight is 387 g/mol. The number of nitrogens with one attached hydrogen (secondary N) is 1. The number of nitrogens with zero attached hydrogens (tertiary/aromatic N) is 6. The normalized spacial score (nSPS) is 25.0. The van der Waals surface area contributed by atoms with Gasteiger partial charge in [-0.1, -0.05) is 0 Å². The van der Waals surface area contributed by atoms with Crippen LogP contribution in [0.4, 0.5) is 0 Å². The van der Waals surface area contributed by atoms with Crippen molar-refractivity contribution in [2.45, 2.75) is 38.3 Å². The number of aromatic amines is 1. The molecule has 1 unspecified atom stereocenters. The first-order valence-corrected chi connectivity index (χ1v) is 10.0. The molecule has 0 aliphatic carbocycles. The fraction of sp³-hybridized carbons (Fsp3) is 0.684. The number of carbonyl (C=O) groups excluding carboxylic acids is 1. The molecule has 0 radical (unpaired) electrons. The molecule has 2 saturated heterocycles. The maximum Gasteiger partial charge on any atom is 0.262 e. The zero-order valence-corrected chi connectivity index (χ0v) is 16.9. The van der Waals surface area contributed by atoms with E-state index in [0.717, 1.165) is 45.6 Å². The van der Waals surface area contributed by atoms with Crippen molar-refractivity contribution in [1.29, 1.82) is 0 Å². The van der Waals surface area contributed by atoms with Gasteiger partial charge in [0.05, 0.1) is 12.7 Å².